The standard InChI is InChI=1S/C10H13.2ClH.Ru/c1-8(2)10-6-4-5-9(3)7-10;;;/h4-5,7-8H,1-3H3;2*1H;/q;;;+2/p-2. The van der Waals surface area contributed by atoms with Crippen molar-refractivity contribution < 1.29 is 14.0 Å². The van der Waals surface area contributed by atoms with Crippen LogP contribution in [0.15, 0.2) is 18.2 Å². The minimum atomic E-state index is -1.74. The number of hydrogen-bond acceptors (Lipinski definition) is 0. The third kappa shape index (κ3) is 2.94. The van der Waals surface area contributed by atoms with E-state index in [0.29, 0.717) is 5.92 Å². The molecule has 0 fully saturated rings. The van der Waals surface area contributed by atoms with Crippen LogP contribution >= 0.6 is 19.4 Å². The molecule has 0 aliphatic rings. The Kier molecular flexibility index (Phi) is 4.22. The van der Waals surface area contributed by atoms with E-state index in [1.165, 1.54) is 15.3 Å². The minimum absolute atomic E-state index is 0.503. The normalized spacial score (nSPS) is 12.0. The van der Waals surface area contributed by atoms with Crippen molar-refractivity contribution in [3.05, 3.63) is 29.3 Å². The Labute approximate surface area is 93.2 Å². The molecule has 1 aromatic carbocycles. The van der Waals surface area contributed by atoms with Crippen molar-refractivity contribution in [2.45, 2.75) is 26.7 Å². The molecule has 0 aliphatic carbocycles. The summed E-state index contributed by atoms with van der Waals surface area (Å²) in [6.07, 6.45) is 0. The van der Waals surface area contributed by atoms with E-state index in [1.54, 1.807) is 0 Å². The monoisotopic (exact) mass is 305 g/mol. The van der Waals surface area contributed by atoms with E-state index in [4.69, 9.17) is 19.4 Å². The van der Waals surface area contributed by atoms with Crippen LogP contribution < -0.4 is 4.16 Å². The van der Waals surface area contributed by atoms with Gasteiger partial charge in [0, 0.05) is 0 Å². The molecular formula is C10H13Cl2Ru. The van der Waals surface area contributed by atoms with E-state index in [-0.39, 0.29) is 0 Å². The fraction of sp³-hybridized carbons (Fsp3) is 0.400. The van der Waals surface area contributed by atoms with E-state index in [2.05, 4.69) is 39.0 Å². The van der Waals surface area contributed by atoms with Crippen molar-refractivity contribution in [1.82, 2.24) is 0 Å². The molecule has 0 spiro atoms. The molecule has 0 radical (unpaired) electrons. The molecule has 75 valence electrons. The van der Waals surface area contributed by atoms with Crippen molar-refractivity contribution in [3.8, 4) is 0 Å². The Morgan fingerprint density at radius 2 is 1.85 bits per heavy atom. The summed E-state index contributed by atoms with van der Waals surface area (Å²) in [6.45, 7) is 6.43. The predicted molar refractivity (Wildman–Crippen MR) is 56.6 cm³/mol. The second-order valence-electron chi connectivity index (χ2n) is 3.35. The summed E-state index contributed by atoms with van der Waals surface area (Å²) in [5.41, 5.74) is 2.58. The molecule has 0 amide bonds. The Morgan fingerprint density at radius 1 is 1.23 bits per heavy atom. The van der Waals surface area contributed by atoms with Gasteiger partial charge in [0.1, 0.15) is 0 Å². The quantitative estimate of drug-likeness (QED) is 0.731. The first-order valence-corrected chi connectivity index (χ1v) is 9.47. The van der Waals surface area contributed by atoms with Gasteiger partial charge in [-0.25, -0.2) is 0 Å². The fourth-order valence-corrected chi connectivity index (χ4v) is 4.03. The van der Waals surface area contributed by atoms with E-state index in [0.717, 1.165) is 0 Å². The van der Waals surface area contributed by atoms with Crippen molar-refractivity contribution in [3.63, 3.8) is 0 Å². The second kappa shape index (κ2) is 4.78. The molecule has 0 unspecified atom stereocenters. The van der Waals surface area contributed by atoms with Gasteiger partial charge in [0.25, 0.3) is 0 Å². The molecule has 0 saturated heterocycles. The molecule has 0 saturated carbocycles. The summed E-state index contributed by atoms with van der Waals surface area (Å²) in [4.78, 5) is 0. The molecule has 0 aromatic heterocycles. The van der Waals surface area contributed by atoms with Crippen LogP contribution in [-0.4, -0.2) is 0 Å². The summed E-state index contributed by atoms with van der Waals surface area (Å²) < 4.78 is 1.17. The molecule has 3 heteroatoms. The van der Waals surface area contributed by atoms with Crippen LogP contribution in [0.25, 0.3) is 0 Å². The summed E-state index contributed by atoms with van der Waals surface area (Å²) in [5, 5.41) is 0. The number of benzene rings is 1. The van der Waals surface area contributed by atoms with Crippen molar-refractivity contribution in [2.75, 3.05) is 0 Å². The third-order valence-electron chi connectivity index (χ3n) is 1.91. The van der Waals surface area contributed by atoms with Gasteiger partial charge in [0.2, 0.25) is 0 Å². The SMILES string of the molecule is Cc1cc[c]([Ru]([Cl])[Cl])c(C(C)C)c1. The molecule has 0 N–H and O–H groups in total. The molecule has 0 bridgehead atoms. The van der Waals surface area contributed by atoms with Crippen LogP contribution in [0, 0.1) is 6.92 Å². The average Bonchev–Trinajstić information content (AvgIpc) is 2.03. The van der Waals surface area contributed by atoms with Crippen LogP contribution in [0.3, 0.4) is 0 Å². The van der Waals surface area contributed by atoms with Gasteiger partial charge in [-0.15, -0.1) is 0 Å². The van der Waals surface area contributed by atoms with Crippen molar-refractivity contribution in [1.29, 1.82) is 0 Å². The van der Waals surface area contributed by atoms with Crippen LogP contribution in [0.2, 0.25) is 0 Å². The van der Waals surface area contributed by atoms with Crippen molar-refractivity contribution >= 4 is 23.5 Å². The average molecular weight is 305 g/mol. The summed E-state index contributed by atoms with van der Waals surface area (Å²) in [7, 11) is 12.0. The van der Waals surface area contributed by atoms with Crippen LogP contribution in [0.1, 0.15) is 30.9 Å². The van der Waals surface area contributed by atoms with Crippen LogP contribution in [-0.2, 0) is 14.0 Å². The van der Waals surface area contributed by atoms with Gasteiger partial charge < -0.3 is 0 Å². The van der Waals surface area contributed by atoms with Gasteiger partial charge in [-0.3, -0.25) is 0 Å². The Hall–Kier alpha value is 0.423. The number of halogens is 2. The van der Waals surface area contributed by atoms with E-state index < -0.39 is 14.0 Å². The molecule has 0 atom stereocenters. The fourth-order valence-electron chi connectivity index (χ4n) is 1.22. The van der Waals surface area contributed by atoms with Crippen LogP contribution in [0.5, 0.6) is 0 Å². The maximum atomic E-state index is 6.01. The first-order chi connectivity index (χ1) is 6.02. The van der Waals surface area contributed by atoms with Crippen molar-refractivity contribution in [2.24, 2.45) is 0 Å². The van der Waals surface area contributed by atoms with Crippen LogP contribution in [0.4, 0.5) is 0 Å². The van der Waals surface area contributed by atoms with Gasteiger partial charge in [-0.05, 0) is 0 Å². The van der Waals surface area contributed by atoms with Gasteiger partial charge >= 0.3 is 93.5 Å². The molecule has 0 heterocycles. The van der Waals surface area contributed by atoms with Gasteiger partial charge in [-0.2, -0.15) is 0 Å². The number of aryl methyl sites for hydroxylation is 1. The van der Waals surface area contributed by atoms with E-state index in [1.807, 2.05) is 0 Å². The zero-order chi connectivity index (χ0) is 10.0. The van der Waals surface area contributed by atoms with Gasteiger partial charge in [0.15, 0.2) is 0 Å². The summed E-state index contributed by atoms with van der Waals surface area (Å²) in [6, 6.07) is 6.34. The predicted octanol–water partition coefficient (Wildman–Crippen LogP) is 3.67. The molecule has 0 aliphatic heterocycles. The second-order valence-corrected chi connectivity index (χ2v) is 9.16. The first kappa shape index (κ1) is 11.5. The van der Waals surface area contributed by atoms with Gasteiger partial charge in [0.05, 0.1) is 0 Å². The van der Waals surface area contributed by atoms with E-state index in [9.17, 15) is 0 Å². The zero-order valence-corrected chi connectivity index (χ0v) is 11.2. The summed E-state index contributed by atoms with van der Waals surface area (Å²) in [5.74, 6) is 0.503. The Balaban J connectivity index is 3.19. The number of hydrogen-bond donors (Lipinski definition) is 0. The molecular weight excluding hydrogens is 292 g/mol. The zero-order valence-electron chi connectivity index (χ0n) is 7.92. The number of rotatable bonds is 2. The van der Waals surface area contributed by atoms with Gasteiger partial charge in [-0.1, -0.05) is 0 Å². The molecule has 0 nitrogen and oxygen atoms in total. The van der Waals surface area contributed by atoms with E-state index >= 15 is 0 Å². The topological polar surface area (TPSA) is 0 Å². The first-order valence-electron chi connectivity index (χ1n) is 4.13. The molecule has 1 aromatic rings. The summed E-state index contributed by atoms with van der Waals surface area (Å²) >= 11 is -1.74. The molecule has 13 heavy (non-hydrogen) atoms. The molecule has 1 rings (SSSR count). The Morgan fingerprint density at radius 3 is 2.31 bits per heavy atom. The Bertz CT molecular complexity index is 295. The maximum absolute atomic E-state index is 6.01. The third-order valence-corrected chi connectivity index (χ3v) is 5.11.